The fourth-order valence-corrected chi connectivity index (χ4v) is 6.93. The van der Waals surface area contributed by atoms with Gasteiger partial charge in [0.15, 0.2) is 0 Å². The van der Waals surface area contributed by atoms with Crippen LogP contribution in [0.3, 0.4) is 0 Å². The van der Waals surface area contributed by atoms with Crippen molar-refractivity contribution in [3.8, 4) is 0 Å². The molecule has 6 N–H and O–H groups in total. The van der Waals surface area contributed by atoms with E-state index in [-0.39, 0.29) is 12.3 Å². The van der Waals surface area contributed by atoms with E-state index in [4.69, 9.17) is 4.74 Å². The molecule has 0 aromatic carbocycles. The van der Waals surface area contributed by atoms with E-state index in [0.717, 1.165) is 45.4 Å². The zero-order valence-electron chi connectivity index (χ0n) is 33.8. The summed E-state index contributed by atoms with van der Waals surface area (Å²) >= 11 is 0. The number of hydrogen-bond donors (Lipinski definition) is 6. The van der Waals surface area contributed by atoms with Gasteiger partial charge in [-0.15, -0.1) is 0 Å². The number of rotatable bonds is 23. The molecule has 1 heterocycles. The van der Waals surface area contributed by atoms with Crippen molar-refractivity contribution in [2.75, 3.05) is 39.3 Å². The van der Waals surface area contributed by atoms with E-state index in [9.17, 15) is 34.2 Å². The Balaban J connectivity index is 2.56. The Hall–Kier alpha value is -2.93. The van der Waals surface area contributed by atoms with Crippen LogP contribution in [0.2, 0.25) is 0 Å². The summed E-state index contributed by atoms with van der Waals surface area (Å²) in [5, 5.41) is 31.7. The number of aliphatic carboxylic acids is 2. The van der Waals surface area contributed by atoms with Gasteiger partial charge in [0.25, 0.3) is 0 Å². The average molecular weight is 740 g/mol. The standard InChI is InChI=1S/C39H73N5O8/c1-37(2,3)30(31(33(46)47)38(4,5)6)32(34(48)49)43-36(51)42-28(35(50)52-39(7,8)9)20-17-18-22-41-29(45)21-16-14-12-10-11-13-15-19-25-44-26-23-40-24-27-44/h28,30-32,40H,10-27H2,1-9H3,(H,41,45)(H,46,47)(H,48,49)(H2,42,43,51). The minimum Gasteiger partial charge on any atom is -0.481 e. The molecule has 1 rings (SSSR count). The normalized spacial score (nSPS) is 16.6. The van der Waals surface area contributed by atoms with Gasteiger partial charge in [0, 0.05) is 45.1 Å². The summed E-state index contributed by atoms with van der Waals surface area (Å²) in [6, 6.07) is -3.54. The maximum absolute atomic E-state index is 13.3. The van der Waals surface area contributed by atoms with E-state index in [2.05, 4.69) is 26.2 Å². The molecule has 302 valence electrons. The van der Waals surface area contributed by atoms with Gasteiger partial charge >= 0.3 is 23.9 Å². The highest BCUT2D eigenvalue weighted by Gasteiger charge is 2.50. The number of esters is 1. The molecule has 4 unspecified atom stereocenters. The number of nitrogens with zero attached hydrogens (tertiary/aromatic N) is 1. The number of carbonyl (C=O) groups is 5. The summed E-state index contributed by atoms with van der Waals surface area (Å²) in [4.78, 5) is 66.2. The average Bonchev–Trinajstić information content (AvgIpc) is 3.01. The topological polar surface area (TPSA) is 186 Å². The molecule has 1 aliphatic rings. The predicted octanol–water partition coefficient (Wildman–Crippen LogP) is 5.56. The molecule has 13 nitrogen and oxygen atoms in total. The van der Waals surface area contributed by atoms with Crippen molar-refractivity contribution >= 4 is 29.8 Å². The van der Waals surface area contributed by atoms with E-state index in [1.54, 1.807) is 62.3 Å². The van der Waals surface area contributed by atoms with Crippen LogP contribution >= 0.6 is 0 Å². The predicted molar refractivity (Wildman–Crippen MR) is 204 cm³/mol. The second-order valence-corrected chi connectivity index (χ2v) is 17.6. The Labute approximate surface area is 313 Å². The fraction of sp³-hybridized carbons (Fsp3) is 0.872. The largest absolute Gasteiger partial charge is 0.481 e. The number of urea groups is 1. The van der Waals surface area contributed by atoms with Crippen molar-refractivity contribution in [1.82, 2.24) is 26.2 Å². The number of unbranched alkanes of at least 4 members (excludes halogenated alkanes) is 8. The quantitative estimate of drug-likeness (QED) is 0.0573. The van der Waals surface area contributed by atoms with Gasteiger partial charge in [-0.1, -0.05) is 80.1 Å². The first-order valence-corrected chi connectivity index (χ1v) is 19.6. The Bertz CT molecular complexity index is 1110. The van der Waals surface area contributed by atoms with Gasteiger partial charge in [-0.2, -0.15) is 0 Å². The van der Waals surface area contributed by atoms with E-state index in [0.29, 0.717) is 25.8 Å². The Morgan fingerprint density at radius 2 is 1.27 bits per heavy atom. The van der Waals surface area contributed by atoms with Gasteiger partial charge in [-0.25, -0.2) is 14.4 Å². The highest BCUT2D eigenvalue weighted by atomic mass is 16.6. The van der Waals surface area contributed by atoms with Crippen LogP contribution in [-0.2, 0) is 23.9 Å². The van der Waals surface area contributed by atoms with Crippen LogP contribution < -0.4 is 21.3 Å². The third-order valence-corrected chi connectivity index (χ3v) is 9.55. The van der Waals surface area contributed by atoms with Gasteiger partial charge < -0.3 is 41.1 Å². The maximum Gasteiger partial charge on any atom is 0.329 e. The van der Waals surface area contributed by atoms with Crippen LogP contribution in [0.25, 0.3) is 0 Å². The lowest BCUT2D eigenvalue weighted by Gasteiger charge is -2.44. The number of piperazine rings is 1. The highest BCUT2D eigenvalue weighted by Crippen LogP contribution is 2.43. The van der Waals surface area contributed by atoms with Gasteiger partial charge in [0.1, 0.15) is 17.7 Å². The number of hydrogen-bond acceptors (Lipinski definition) is 8. The SMILES string of the molecule is CC(C)(C)OC(=O)C(CCCCNC(=O)CCCCCCCCCCN1CCNCC1)NC(=O)NC(C(=O)O)C(C(C(=O)O)C(C)(C)C)C(C)(C)C. The summed E-state index contributed by atoms with van der Waals surface area (Å²) in [5.74, 6) is -5.28. The summed E-state index contributed by atoms with van der Waals surface area (Å²) in [5.41, 5.74) is -2.45. The minimum absolute atomic E-state index is 0.00264. The zero-order chi connectivity index (χ0) is 39.5. The first-order valence-electron chi connectivity index (χ1n) is 19.6. The van der Waals surface area contributed by atoms with Crippen LogP contribution in [0.5, 0.6) is 0 Å². The third-order valence-electron chi connectivity index (χ3n) is 9.55. The highest BCUT2D eigenvalue weighted by molar-refractivity contribution is 5.87. The van der Waals surface area contributed by atoms with Gasteiger partial charge in [-0.3, -0.25) is 9.59 Å². The molecule has 0 radical (unpaired) electrons. The molecule has 0 saturated carbocycles. The number of carbonyl (C=O) groups excluding carboxylic acids is 3. The molecular formula is C39H73N5O8. The maximum atomic E-state index is 13.3. The molecule has 3 amide bonds. The Kier molecular flexibility index (Phi) is 20.8. The summed E-state index contributed by atoms with van der Waals surface area (Å²) in [6.07, 6.45) is 11.0. The van der Waals surface area contributed by atoms with Crippen molar-refractivity contribution in [1.29, 1.82) is 0 Å². The lowest BCUT2D eigenvalue weighted by atomic mass is 9.61. The number of nitrogens with one attached hydrogen (secondary N) is 4. The van der Waals surface area contributed by atoms with Gasteiger partial charge in [0.2, 0.25) is 5.91 Å². The number of carboxylic acids is 2. The molecule has 0 aliphatic carbocycles. The number of carboxylic acid groups (broad SMARTS) is 2. The fourth-order valence-electron chi connectivity index (χ4n) is 6.93. The van der Waals surface area contributed by atoms with Crippen molar-refractivity contribution in [3.05, 3.63) is 0 Å². The lowest BCUT2D eigenvalue weighted by molar-refractivity contribution is -0.157. The van der Waals surface area contributed by atoms with Crippen molar-refractivity contribution in [2.24, 2.45) is 22.7 Å². The summed E-state index contributed by atoms with van der Waals surface area (Å²) in [7, 11) is 0. The molecule has 1 aliphatic heterocycles. The Morgan fingerprint density at radius 3 is 1.77 bits per heavy atom. The van der Waals surface area contributed by atoms with Gasteiger partial charge in [-0.05, 0) is 70.3 Å². The number of amides is 3. The van der Waals surface area contributed by atoms with Crippen molar-refractivity contribution in [2.45, 2.75) is 157 Å². The molecule has 13 heteroatoms. The lowest BCUT2D eigenvalue weighted by Crippen LogP contribution is -2.59. The molecular weight excluding hydrogens is 666 g/mol. The molecule has 0 aromatic rings. The van der Waals surface area contributed by atoms with E-state index in [1.165, 1.54) is 38.6 Å². The third kappa shape index (κ3) is 19.8. The van der Waals surface area contributed by atoms with E-state index < -0.39 is 64.3 Å². The van der Waals surface area contributed by atoms with Crippen LogP contribution in [0, 0.1) is 22.7 Å². The second kappa shape index (κ2) is 23.0. The van der Waals surface area contributed by atoms with E-state index in [1.807, 2.05) is 0 Å². The molecule has 1 fully saturated rings. The summed E-state index contributed by atoms with van der Waals surface area (Å²) < 4.78 is 5.54. The monoisotopic (exact) mass is 740 g/mol. The summed E-state index contributed by atoms with van der Waals surface area (Å²) in [6.45, 7) is 21.7. The second-order valence-electron chi connectivity index (χ2n) is 17.6. The van der Waals surface area contributed by atoms with Crippen LogP contribution in [-0.4, -0.2) is 102 Å². The first-order chi connectivity index (χ1) is 24.1. The van der Waals surface area contributed by atoms with Crippen LogP contribution in [0.1, 0.15) is 139 Å². The van der Waals surface area contributed by atoms with E-state index >= 15 is 0 Å². The molecule has 0 bridgehead atoms. The molecule has 4 atom stereocenters. The zero-order valence-corrected chi connectivity index (χ0v) is 33.8. The molecule has 52 heavy (non-hydrogen) atoms. The Morgan fingerprint density at radius 1 is 0.712 bits per heavy atom. The minimum atomic E-state index is -1.55. The van der Waals surface area contributed by atoms with Gasteiger partial charge in [0.05, 0.1) is 5.92 Å². The molecule has 0 aromatic heterocycles. The number of ether oxygens (including phenoxy) is 1. The van der Waals surface area contributed by atoms with Crippen LogP contribution in [0.4, 0.5) is 4.79 Å². The van der Waals surface area contributed by atoms with Crippen molar-refractivity contribution in [3.63, 3.8) is 0 Å². The van der Waals surface area contributed by atoms with Crippen LogP contribution in [0.15, 0.2) is 0 Å². The molecule has 0 spiro atoms. The van der Waals surface area contributed by atoms with Crippen molar-refractivity contribution < 1.29 is 38.9 Å². The first kappa shape index (κ1) is 47.1. The molecule has 1 saturated heterocycles. The smallest absolute Gasteiger partial charge is 0.329 e.